The lowest BCUT2D eigenvalue weighted by Gasteiger charge is -2.07. The standard InChI is InChI=1S/C16H21N5O2S/c1-2-14-19-20-16(21(14)17)24-10-11-3-7-13(8-4-11)23-9-15(22)18-12-5-6-12/h3-4,7-8,12H,2,5-6,9-10,17H2,1H3,(H,18,22). The van der Waals surface area contributed by atoms with E-state index in [-0.39, 0.29) is 12.5 Å². The van der Waals surface area contributed by atoms with Gasteiger partial charge < -0.3 is 15.9 Å². The van der Waals surface area contributed by atoms with Gasteiger partial charge in [0.2, 0.25) is 5.16 Å². The Labute approximate surface area is 144 Å². The number of ether oxygens (including phenoxy) is 1. The van der Waals surface area contributed by atoms with E-state index in [1.165, 1.54) is 16.4 Å². The molecule has 128 valence electrons. The normalized spacial score (nSPS) is 13.7. The van der Waals surface area contributed by atoms with Crippen LogP contribution in [0.1, 0.15) is 31.2 Å². The summed E-state index contributed by atoms with van der Waals surface area (Å²) in [5, 5.41) is 11.7. The first kappa shape index (κ1) is 16.6. The van der Waals surface area contributed by atoms with Crippen LogP contribution in [-0.4, -0.2) is 33.4 Å². The Hall–Kier alpha value is -2.22. The number of nitrogen functional groups attached to an aromatic ring is 1. The summed E-state index contributed by atoms with van der Waals surface area (Å²) in [6, 6.07) is 8.03. The summed E-state index contributed by atoms with van der Waals surface area (Å²) in [4.78, 5) is 11.6. The Morgan fingerprint density at radius 2 is 2.12 bits per heavy atom. The number of aryl methyl sites for hydroxylation is 1. The number of carbonyl (C=O) groups is 1. The zero-order chi connectivity index (χ0) is 16.9. The van der Waals surface area contributed by atoms with Gasteiger partial charge in [-0.2, -0.15) is 0 Å². The highest BCUT2D eigenvalue weighted by Crippen LogP contribution is 2.22. The van der Waals surface area contributed by atoms with Gasteiger partial charge in [-0.3, -0.25) is 4.79 Å². The Morgan fingerprint density at radius 3 is 2.75 bits per heavy atom. The molecule has 8 heteroatoms. The van der Waals surface area contributed by atoms with Crippen molar-refractivity contribution in [3.8, 4) is 5.75 Å². The molecule has 24 heavy (non-hydrogen) atoms. The molecule has 1 aliphatic rings. The number of thioether (sulfide) groups is 1. The first-order valence-corrected chi connectivity index (χ1v) is 8.97. The van der Waals surface area contributed by atoms with Crippen LogP contribution in [0.2, 0.25) is 0 Å². The fraction of sp³-hybridized carbons (Fsp3) is 0.438. The minimum atomic E-state index is -0.0638. The molecule has 1 aromatic heterocycles. The van der Waals surface area contributed by atoms with E-state index in [9.17, 15) is 4.79 Å². The Morgan fingerprint density at radius 1 is 1.38 bits per heavy atom. The third-order valence-corrected chi connectivity index (χ3v) is 4.67. The summed E-state index contributed by atoms with van der Waals surface area (Å²) in [6.45, 7) is 2.05. The number of hydrogen-bond acceptors (Lipinski definition) is 6. The Balaban J connectivity index is 1.46. The van der Waals surface area contributed by atoms with Crippen LogP contribution < -0.4 is 15.9 Å². The molecular formula is C16H21N5O2S. The average Bonchev–Trinajstić information content (AvgIpc) is 3.33. The molecule has 3 rings (SSSR count). The highest BCUT2D eigenvalue weighted by Gasteiger charge is 2.23. The molecule has 1 saturated carbocycles. The number of rotatable bonds is 8. The number of hydrogen-bond donors (Lipinski definition) is 2. The maximum atomic E-state index is 11.6. The summed E-state index contributed by atoms with van der Waals surface area (Å²) in [7, 11) is 0. The molecule has 1 fully saturated rings. The lowest BCUT2D eigenvalue weighted by atomic mass is 10.2. The number of carbonyl (C=O) groups excluding carboxylic acids is 1. The summed E-state index contributed by atoms with van der Waals surface area (Å²) in [5.41, 5.74) is 1.12. The molecule has 0 unspecified atom stereocenters. The second-order valence-corrected chi connectivity index (χ2v) is 6.63. The van der Waals surface area contributed by atoms with Gasteiger partial charge in [0.15, 0.2) is 12.4 Å². The van der Waals surface area contributed by atoms with E-state index >= 15 is 0 Å². The third kappa shape index (κ3) is 4.41. The second kappa shape index (κ2) is 7.57. The first-order chi connectivity index (χ1) is 11.7. The topological polar surface area (TPSA) is 95.1 Å². The molecule has 0 spiro atoms. The zero-order valence-electron chi connectivity index (χ0n) is 13.6. The van der Waals surface area contributed by atoms with Crippen molar-refractivity contribution >= 4 is 17.7 Å². The van der Waals surface area contributed by atoms with Gasteiger partial charge in [-0.05, 0) is 30.5 Å². The fourth-order valence-electron chi connectivity index (χ4n) is 2.12. The molecule has 0 atom stereocenters. The SMILES string of the molecule is CCc1nnc(SCc2ccc(OCC(=O)NC3CC3)cc2)n1N. The lowest BCUT2D eigenvalue weighted by molar-refractivity contribution is -0.123. The van der Waals surface area contributed by atoms with Crippen molar-refractivity contribution in [1.29, 1.82) is 0 Å². The zero-order valence-corrected chi connectivity index (χ0v) is 14.4. The van der Waals surface area contributed by atoms with Gasteiger partial charge in [-0.1, -0.05) is 30.8 Å². The molecule has 7 nitrogen and oxygen atoms in total. The highest BCUT2D eigenvalue weighted by atomic mass is 32.2. The van der Waals surface area contributed by atoms with Crippen LogP contribution in [0.15, 0.2) is 29.4 Å². The maximum absolute atomic E-state index is 11.6. The van der Waals surface area contributed by atoms with E-state index in [0.717, 1.165) is 36.4 Å². The molecule has 1 aliphatic carbocycles. The molecule has 0 radical (unpaired) electrons. The quantitative estimate of drug-likeness (QED) is 0.555. The lowest BCUT2D eigenvalue weighted by Crippen LogP contribution is -2.30. The number of aromatic nitrogens is 3. The number of amides is 1. The highest BCUT2D eigenvalue weighted by molar-refractivity contribution is 7.98. The number of benzene rings is 1. The van der Waals surface area contributed by atoms with E-state index in [4.69, 9.17) is 10.6 Å². The number of nitrogens with one attached hydrogen (secondary N) is 1. The number of nitrogens with zero attached hydrogens (tertiary/aromatic N) is 3. The molecule has 1 aromatic carbocycles. The van der Waals surface area contributed by atoms with Crippen molar-refractivity contribution in [3.63, 3.8) is 0 Å². The second-order valence-electron chi connectivity index (χ2n) is 5.69. The van der Waals surface area contributed by atoms with Crippen molar-refractivity contribution < 1.29 is 9.53 Å². The van der Waals surface area contributed by atoms with Crippen LogP contribution >= 0.6 is 11.8 Å². The third-order valence-electron chi connectivity index (χ3n) is 3.66. The molecule has 0 saturated heterocycles. The van der Waals surface area contributed by atoms with Gasteiger partial charge in [-0.15, -0.1) is 10.2 Å². The van der Waals surface area contributed by atoms with Crippen molar-refractivity contribution in [2.24, 2.45) is 0 Å². The van der Waals surface area contributed by atoms with Crippen LogP contribution in [0, 0.1) is 0 Å². The van der Waals surface area contributed by atoms with Crippen LogP contribution in [0.5, 0.6) is 5.75 Å². The molecule has 0 bridgehead atoms. The summed E-state index contributed by atoms with van der Waals surface area (Å²) in [5.74, 6) is 8.05. The van der Waals surface area contributed by atoms with Gasteiger partial charge in [0.25, 0.3) is 5.91 Å². The van der Waals surface area contributed by atoms with Crippen LogP contribution in [-0.2, 0) is 17.0 Å². The molecule has 1 amide bonds. The fourth-order valence-corrected chi connectivity index (χ4v) is 2.95. The predicted molar refractivity (Wildman–Crippen MR) is 92.2 cm³/mol. The molecule has 2 aromatic rings. The predicted octanol–water partition coefficient (Wildman–Crippen LogP) is 1.50. The van der Waals surface area contributed by atoms with Crippen LogP contribution in [0.3, 0.4) is 0 Å². The van der Waals surface area contributed by atoms with Gasteiger partial charge >= 0.3 is 0 Å². The van der Waals surface area contributed by atoms with E-state index in [1.807, 2.05) is 31.2 Å². The first-order valence-electron chi connectivity index (χ1n) is 7.99. The van der Waals surface area contributed by atoms with E-state index in [2.05, 4.69) is 15.5 Å². The summed E-state index contributed by atoms with van der Waals surface area (Å²) < 4.78 is 7.01. The van der Waals surface area contributed by atoms with Crippen molar-refractivity contribution in [1.82, 2.24) is 20.2 Å². The van der Waals surface area contributed by atoms with E-state index in [1.54, 1.807) is 0 Å². The van der Waals surface area contributed by atoms with Crippen molar-refractivity contribution in [2.75, 3.05) is 12.4 Å². The molecule has 0 aliphatic heterocycles. The van der Waals surface area contributed by atoms with Crippen LogP contribution in [0.4, 0.5) is 0 Å². The summed E-state index contributed by atoms with van der Waals surface area (Å²) in [6.07, 6.45) is 2.91. The Kier molecular flexibility index (Phi) is 5.24. The maximum Gasteiger partial charge on any atom is 0.258 e. The average molecular weight is 347 g/mol. The smallest absolute Gasteiger partial charge is 0.258 e. The van der Waals surface area contributed by atoms with Gasteiger partial charge in [0, 0.05) is 18.2 Å². The minimum absolute atomic E-state index is 0.0562. The molecule has 3 N–H and O–H groups in total. The van der Waals surface area contributed by atoms with Gasteiger partial charge in [0.05, 0.1) is 0 Å². The van der Waals surface area contributed by atoms with Gasteiger partial charge in [0.1, 0.15) is 5.75 Å². The summed E-state index contributed by atoms with van der Waals surface area (Å²) >= 11 is 1.53. The van der Waals surface area contributed by atoms with Crippen molar-refractivity contribution in [3.05, 3.63) is 35.7 Å². The molecule has 1 heterocycles. The minimum Gasteiger partial charge on any atom is -0.484 e. The molecular weight excluding hydrogens is 326 g/mol. The number of nitrogens with two attached hydrogens (primary N) is 1. The largest absolute Gasteiger partial charge is 0.484 e. The van der Waals surface area contributed by atoms with E-state index < -0.39 is 0 Å². The van der Waals surface area contributed by atoms with Crippen molar-refractivity contribution in [2.45, 2.75) is 43.1 Å². The van der Waals surface area contributed by atoms with Crippen LogP contribution in [0.25, 0.3) is 0 Å². The monoisotopic (exact) mass is 347 g/mol. The Bertz CT molecular complexity index is 697. The van der Waals surface area contributed by atoms with E-state index in [0.29, 0.717) is 16.9 Å². The van der Waals surface area contributed by atoms with Gasteiger partial charge in [-0.25, -0.2) is 4.68 Å².